The molecule has 2 heteroatoms. The Balaban J connectivity index is 1.00. The van der Waals surface area contributed by atoms with E-state index in [2.05, 4.69) is 229 Å². The van der Waals surface area contributed by atoms with Crippen molar-refractivity contribution in [3.8, 4) is 11.1 Å². The van der Waals surface area contributed by atoms with E-state index in [4.69, 9.17) is 0 Å². The van der Waals surface area contributed by atoms with Crippen molar-refractivity contribution in [2.24, 2.45) is 17.8 Å². The van der Waals surface area contributed by atoms with Gasteiger partial charge in [-0.25, -0.2) is 0 Å². The maximum Gasteiger partial charge on any atom is 0.0560 e. The van der Waals surface area contributed by atoms with Crippen LogP contribution in [0.25, 0.3) is 22.3 Å². The lowest BCUT2D eigenvalue weighted by atomic mass is 9.61. The van der Waals surface area contributed by atoms with Crippen molar-refractivity contribution < 1.29 is 0 Å². The Kier molecular flexibility index (Phi) is 9.70. The average Bonchev–Trinajstić information content (AvgIpc) is 3.84. The Morgan fingerprint density at radius 3 is 2.12 bits per heavy atom. The van der Waals surface area contributed by atoms with Crippen LogP contribution in [-0.4, -0.2) is 6.04 Å². The van der Waals surface area contributed by atoms with Crippen LogP contribution in [0.2, 0.25) is 0 Å². The normalized spacial score (nSPS) is 24.8. The summed E-state index contributed by atoms with van der Waals surface area (Å²) in [5.41, 5.74) is 20.4. The highest BCUT2D eigenvalue weighted by molar-refractivity contribution is 5.92. The first-order valence-corrected chi connectivity index (χ1v) is 23.6. The quantitative estimate of drug-likeness (QED) is 0.154. The third kappa shape index (κ3) is 6.14. The predicted molar refractivity (Wildman–Crippen MR) is 269 cm³/mol. The van der Waals surface area contributed by atoms with Gasteiger partial charge in [-0.2, -0.15) is 0 Å². The van der Waals surface area contributed by atoms with Gasteiger partial charge in [-0.05, 0) is 131 Å². The number of anilines is 3. The van der Waals surface area contributed by atoms with Crippen LogP contribution in [0.15, 0.2) is 241 Å². The first-order valence-electron chi connectivity index (χ1n) is 23.6. The molecule has 7 aliphatic carbocycles. The number of allylic oxidation sites excluding steroid dienone is 17. The molecule has 0 fully saturated rings. The molecule has 5 aromatic carbocycles. The average molecular weight is 827 g/mol. The standard InChI is InChI=1S/C62H54N2/c1-43-20-11-17-33-58(43)63(48-38-36-45(37-39-48)44-21-5-2-6-22-44)49-40-41-52-51-28-12-15-30-54(51)62(57(52)42-49)55-31-16-13-29-53(55)61-56(62)32-19-35-60(61)64(47-25-9-4-10-26-47)59-34-18-14-27-50(59)46-23-7-3-8-24-46/h2-5,7-12,14-19,21,23-28,30-41,43,49,56,61H,6,13,20,22,29,42H2,1H3. The SMILES string of the molecule is CC1CC=CC=C1N(c1ccc(C2=CC=CCC2)cc1)C1C=CC2=C(C1)C1(C3=C(CCC=C3)C3C(N(c4ccccc4)c4ccccc4-c4ccccc4)=CC=CC31)c1ccccc12. The van der Waals surface area contributed by atoms with Crippen LogP contribution in [0.1, 0.15) is 62.1 Å². The molecule has 0 radical (unpaired) electrons. The summed E-state index contributed by atoms with van der Waals surface area (Å²) in [6.07, 6.45) is 37.6. The van der Waals surface area contributed by atoms with Gasteiger partial charge >= 0.3 is 0 Å². The summed E-state index contributed by atoms with van der Waals surface area (Å²) >= 11 is 0. The van der Waals surface area contributed by atoms with Crippen LogP contribution < -0.4 is 9.80 Å². The lowest BCUT2D eigenvalue weighted by Gasteiger charge is -2.45. The summed E-state index contributed by atoms with van der Waals surface area (Å²) in [4.78, 5) is 5.29. The van der Waals surface area contributed by atoms with Gasteiger partial charge in [-0.1, -0.05) is 182 Å². The fraction of sp³-hybridized carbons (Fsp3) is 0.194. The molecular weight excluding hydrogens is 773 g/mol. The van der Waals surface area contributed by atoms with Gasteiger partial charge in [0.1, 0.15) is 0 Å². The van der Waals surface area contributed by atoms with Crippen LogP contribution in [0.5, 0.6) is 0 Å². The molecule has 312 valence electrons. The van der Waals surface area contributed by atoms with Gasteiger partial charge in [0.05, 0.1) is 11.7 Å². The van der Waals surface area contributed by atoms with Crippen LogP contribution in [0, 0.1) is 17.8 Å². The van der Waals surface area contributed by atoms with Crippen molar-refractivity contribution in [2.45, 2.75) is 56.9 Å². The molecule has 12 rings (SSSR count). The van der Waals surface area contributed by atoms with Gasteiger partial charge in [0.2, 0.25) is 0 Å². The molecule has 0 saturated carbocycles. The number of hydrogen-bond donors (Lipinski definition) is 0. The lowest BCUT2D eigenvalue weighted by molar-refractivity contribution is 0.395. The van der Waals surface area contributed by atoms with Crippen LogP contribution >= 0.6 is 0 Å². The van der Waals surface area contributed by atoms with Crippen molar-refractivity contribution in [1.82, 2.24) is 0 Å². The van der Waals surface area contributed by atoms with Gasteiger partial charge in [-0.3, -0.25) is 0 Å². The summed E-state index contributed by atoms with van der Waals surface area (Å²) in [5, 5.41) is 0. The Morgan fingerprint density at radius 1 is 0.578 bits per heavy atom. The van der Waals surface area contributed by atoms with Crippen molar-refractivity contribution in [3.05, 3.63) is 257 Å². The molecule has 5 atom stereocenters. The van der Waals surface area contributed by atoms with Gasteiger partial charge in [0.15, 0.2) is 0 Å². The van der Waals surface area contributed by atoms with E-state index >= 15 is 0 Å². The van der Waals surface area contributed by atoms with Crippen molar-refractivity contribution in [1.29, 1.82) is 0 Å². The molecule has 0 N–H and O–H groups in total. The van der Waals surface area contributed by atoms with Crippen molar-refractivity contribution in [2.75, 3.05) is 9.80 Å². The van der Waals surface area contributed by atoms with Gasteiger partial charge < -0.3 is 9.80 Å². The van der Waals surface area contributed by atoms with Crippen LogP contribution in [-0.2, 0) is 5.41 Å². The summed E-state index contributed by atoms with van der Waals surface area (Å²) < 4.78 is 0. The zero-order valence-electron chi connectivity index (χ0n) is 36.7. The molecule has 7 aliphatic rings. The monoisotopic (exact) mass is 826 g/mol. The molecule has 0 saturated heterocycles. The summed E-state index contributed by atoms with van der Waals surface area (Å²) in [5.74, 6) is 0.812. The Labute approximate surface area is 379 Å². The van der Waals surface area contributed by atoms with E-state index in [-0.39, 0.29) is 23.3 Å². The third-order valence-corrected chi connectivity index (χ3v) is 15.2. The lowest BCUT2D eigenvalue weighted by Crippen LogP contribution is -2.42. The van der Waals surface area contributed by atoms with E-state index in [9.17, 15) is 0 Å². The minimum atomic E-state index is -0.299. The maximum absolute atomic E-state index is 2.70. The number of fused-ring (bicyclic) bond motifs is 8. The summed E-state index contributed by atoms with van der Waals surface area (Å²) in [6, 6.07) is 50.1. The van der Waals surface area contributed by atoms with E-state index in [0.29, 0.717) is 5.92 Å². The molecule has 64 heavy (non-hydrogen) atoms. The molecule has 0 amide bonds. The zero-order valence-corrected chi connectivity index (χ0v) is 36.7. The van der Waals surface area contributed by atoms with Gasteiger partial charge in [-0.15, -0.1) is 0 Å². The molecule has 5 aromatic rings. The molecule has 1 spiro atoms. The second-order valence-corrected chi connectivity index (χ2v) is 18.5. The van der Waals surface area contributed by atoms with E-state index in [1.54, 1.807) is 11.1 Å². The molecule has 0 aliphatic heterocycles. The highest BCUT2D eigenvalue weighted by Crippen LogP contribution is 2.68. The Bertz CT molecular complexity index is 2960. The van der Waals surface area contributed by atoms with Crippen molar-refractivity contribution >= 4 is 28.2 Å². The van der Waals surface area contributed by atoms with Crippen LogP contribution in [0.4, 0.5) is 17.1 Å². The second kappa shape index (κ2) is 16.0. The smallest absolute Gasteiger partial charge is 0.0560 e. The molecule has 5 unspecified atom stereocenters. The summed E-state index contributed by atoms with van der Waals surface area (Å²) in [6.45, 7) is 2.40. The first kappa shape index (κ1) is 38.7. The highest BCUT2D eigenvalue weighted by Gasteiger charge is 2.60. The van der Waals surface area contributed by atoms with E-state index in [1.807, 2.05) is 0 Å². The van der Waals surface area contributed by atoms with E-state index < -0.39 is 0 Å². The van der Waals surface area contributed by atoms with Crippen LogP contribution in [0.3, 0.4) is 0 Å². The second-order valence-electron chi connectivity index (χ2n) is 18.5. The van der Waals surface area contributed by atoms with Crippen molar-refractivity contribution in [3.63, 3.8) is 0 Å². The van der Waals surface area contributed by atoms with E-state index in [0.717, 1.165) is 38.5 Å². The number of rotatable bonds is 8. The minimum absolute atomic E-state index is 0.157. The largest absolute Gasteiger partial charge is 0.338 e. The predicted octanol–water partition coefficient (Wildman–Crippen LogP) is 15.6. The molecule has 2 nitrogen and oxygen atoms in total. The first-order chi connectivity index (χ1) is 31.7. The fourth-order valence-corrected chi connectivity index (χ4v) is 12.5. The number of nitrogens with zero attached hydrogens (tertiary/aromatic N) is 2. The zero-order chi connectivity index (χ0) is 42.6. The number of hydrogen-bond acceptors (Lipinski definition) is 2. The Hall–Kier alpha value is -6.90. The fourth-order valence-electron chi connectivity index (χ4n) is 12.5. The third-order valence-electron chi connectivity index (χ3n) is 15.2. The number of benzene rings is 5. The van der Waals surface area contributed by atoms with Gasteiger partial charge in [0.25, 0.3) is 0 Å². The topological polar surface area (TPSA) is 6.48 Å². The molecule has 0 aromatic heterocycles. The highest BCUT2D eigenvalue weighted by atomic mass is 15.2. The molecule has 0 bridgehead atoms. The number of para-hydroxylation sites is 2. The van der Waals surface area contributed by atoms with Gasteiger partial charge in [0, 0.05) is 45.6 Å². The molecular formula is C62H54N2. The van der Waals surface area contributed by atoms with E-state index in [1.165, 1.54) is 73.0 Å². The maximum atomic E-state index is 2.70. The minimum Gasteiger partial charge on any atom is -0.338 e. The summed E-state index contributed by atoms with van der Waals surface area (Å²) in [7, 11) is 0. The molecule has 0 heterocycles. The Morgan fingerprint density at radius 2 is 1.31 bits per heavy atom.